The number of hydrogen-bond acceptors (Lipinski definition) is 3. The molecule has 5 nitrogen and oxygen atoms in total. The summed E-state index contributed by atoms with van der Waals surface area (Å²) in [5, 5.41) is 5.01. The molecular weight excluding hydrogens is 346 g/mol. The highest BCUT2D eigenvalue weighted by Crippen LogP contribution is 2.25. The Morgan fingerprint density at radius 2 is 2.08 bits per heavy atom. The van der Waals surface area contributed by atoms with Crippen LogP contribution >= 0.6 is 12.2 Å². The number of ether oxygens (including phenoxy) is 1. The van der Waals surface area contributed by atoms with E-state index in [0.29, 0.717) is 12.6 Å². The van der Waals surface area contributed by atoms with Gasteiger partial charge in [-0.2, -0.15) is 0 Å². The molecule has 2 N–H and O–H groups in total. The summed E-state index contributed by atoms with van der Waals surface area (Å²) in [6.45, 7) is 3.37. The van der Waals surface area contributed by atoms with Crippen LogP contribution in [0.1, 0.15) is 44.6 Å². The minimum atomic E-state index is -0.0640. The maximum atomic E-state index is 12.6. The molecule has 26 heavy (non-hydrogen) atoms. The third kappa shape index (κ3) is 4.18. The standard InChI is InChI=1S/C20H27N3O2S/c1-3-21-20(26)23(16-7-5-4-6-8-16)13-15-11-14-9-10-17(25-2)12-18(14)22-19(15)24/h9-12,16H,3-8,13H2,1-2H3,(H,21,26)(H,22,24). The molecule has 2 aromatic rings. The van der Waals surface area contributed by atoms with E-state index in [4.69, 9.17) is 17.0 Å². The molecule has 0 spiro atoms. The first kappa shape index (κ1) is 18.7. The molecule has 0 saturated heterocycles. The lowest BCUT2D eigenvalue weighted by atomic mass is 9.94. The molecule has 6 heteroatoms. The lowest BCUT2D eigenvalue weighted by Crippen LogP contribution is -2.47. The molecule has 1 fully saturated rings. The van der Waals surface area contributed by atoms with Gasteiger partial charge in [-0.1, -0.05) is 19.3 Å². The highest BCUT2D eigenvalue weighted by Gasteiger charge is 2.24. The Bertz CT molecular complexity index is 827. The van der Waals surface area contributed by atoms with Crippen molar-refractivity contribution in [1.29, 1.82) is 0 Å². The van der Waals surface area contributed by atoms with Gasteiger partial charge >= 0.3 is 0 Å². The molecule has 0 unspecified atom stereocenters. The fourth-order valence-electron chi connectivity index (χ4n) is 3.67. The molecule has 1 saturated carbocycles. The van der Waals surface area contributed by atoms with Crippen molar-refractivity contribution in [3.8, 4) is 5.75 Å². The predicted octanol–water partition coefficient (Wildman–Crippen LogP) is 3.57. The largest absolute Gasteiger partial charge is 0.497 e. The van der Waals surface area contributed by atoms with Crippen molar-refractivity contribution >= 4 is 28.2 Å². The van der Waals surface area contributed by atoms with Crippen LogP contribution in [0.4, 0.5) is 0 Å². The summed E-state index contributed by atoms with van der Waals surface area (Å²) in [6, 6.07) is 8.11. The summed E-state index contributed by atoms with van der Waals surface area (Å²) in [5.41, 5.74) is 1.47. The number of rotatable bonds is 5. The fraction of sp³-hybridized carbons (Fsp3) is 0.500. The summed E-state index contributed by atoms with van der Waals surface area (Å²) in [7, 11) is 1.62. The van der Waals surface area contributed by atoms with Crippen molar-refractivity contribution in [2.75, 3.05) is 13.7 Å². The number of fused-ring (bicyclic) bond motifs is 1. The topological polar surface area (TPSA) is 57.4 Å². The number of nitrogens with one attached hydrogen (secondary N) is 2. The van der Waals surface area contributed by atoms with Gasteiger partial charge < -0.3 is 19.9 Å². The van der Waals surface area contributed by atoms with Crippen LogP contribution in [0.2, 0.25) is 0 Å². The summed E-state index contributed by atoms with van der Waals surface area (Å²) < 4.78 is 5.24. The molecule has 3 rings (SSSR count). The Labute approximate surface area is 159 Å². The second-order valence-corrected chi connectivity index (χ2v) is 7.22. The molecule has 0 bridgehead atoms. The average molecular weight is 374 g/mol. The molecule has 1 aromatic heterocycles. The second kappa shape index (κ2) is 8.54. The van der Waals surface area contributed by atoms with Crippen LogP contribution in [0, 0.1) is 0 Å². The van der Waals surface area contributed by atoms with E-state index in [2.05, 4.69) is 15.2 Å². The smallest absolute Gasteiger partial charge is 0.253 e. The van der Waals surface area contributed by atoms with Crippen molar-refractivity contribution in [2.45, 2.75) is 51.6 Å². The van der Waals surface area contributed by atoms with Crippen LogP contribution in [0.3, 0.4) is 0 Å². The molecule has 1 aliphatic rings. The van der Waals surface area contributed by atoms with E-state index in [1.54, 1.807) is 7.11 Å². The number of nitrogens with zero attached hydrogens (tertiary/aromatic N) is 1. The molecule has 140 valence electrons. The monoisotopic (exact) mass is 373 g/mol. The second-order valence-electron chi connectivity index (χ2n) is 6.83. The quantitative estimate of drug-likeness (QED) is 0.785. The summed E-state index contributed by atoms with van der Waals surface area (Å²) in [5.74, 6) is 0.734. The minimum absolute atomic E-state index is 0.0640. The van der Waals surface area contributed by atoms with Crippen molar-refractivity contribution in [1.82, 2.24) is 15.2 Å². The van der Waals surface area contributed by atoms with Crippen LogP contribution in [-0.4, -0.2) is 34.7 Å². The molecule has 1 aromatic carbocycles. The van der Waals surface area contributed by atoms with Gasteiger partial charge in [0, 0.05) is 24.2 Å². The molecule has 0 radical (unpaired) electrons. The van der Waals surface area contributed by atoms with E-state index in [-0.39, 0.29) is 5.56 Å². The third-order valence-electron chi connectivity index (χ3n) is 5.08. The van der Waals surface area contributed by atoms with E-state index in [1.807, 2.05) is 31.2 Å². The van der Waals surface area contributed by atoms with Crippen molar-refractivity contribution in [3.05, 3.63) is 40.2 Å². The number of aromatic nitrogens is 1. The average Bonchev–Trinajstić information content (AvgIpc) is 2.66. The van der Waals surface area contributed by atoms with Gasteiger partial charge in [0.15, 0.2) is 5.11 Å². The number of thiocarbonyl (C=S) groups is 1. The maximum absolute atomic E-state index is 12.6. The molecule has 1 aliphatic carbocycles. The number of methoxy groups -OCH3 is 1. The van der Waals surface area contributed by atoms with Crippen LogP contribution in [0.5, 0.6) is 5.75 Å². The van der Waals surface area contributed by atoms with E-state index in [1.165, 1.54) is 19.3 Å². The van der Waals surface area contributed by atoms with Gasteiger partial charge in [-0.25, -0.2) is 0 Å². The van der Waals surface area contributed by atoms with E-state index in [9.17, 15) is 4.79 Å². The van der Waals surface area contributed by atoms with E-state index >= 15 is 0 Å². The summed E-state index contributed by atoms with van der Waals surface area (Å²) in [4.78, 5) is 17.8. The summed E-state index contributed by atoms with van der Waals surface area (Å²) >= 11 is 5.61. The zero-order valence-corrected chi connectivity index (χ0v) is 16.3. The summed E-state index contributed by atoms with van der Waals surface area (Å²) in [6.07, 6.45) is 6.01. The Kier molecular flexibility index (Phi) is 6.14. The normalized spacial score (nSPS) is 15.0. The fourth-order valence-corrected chi connectivity index (χ4v) is 4.02. The van der Waals surface area contributed by atoms with Crippen molar-refractivity contribution < 1.29 is 4.74 Å². The van der Waals surface area contributed by atoms with Gasteiger partial charge in [0.25, 0.3) is 5.56 Å². The first-order chi connectivity index (χ1) is 12.6. The molecule has 1 heterocycles. The van der Waals surface area contributed by atoms with Gasteiger partial charge in [-0.3, -0.25) is 4.79 Å². The third-order valence-corrected chi connectivity index (χ3v) is 5.45. The lowest BCUT2D eigenvalue weighted by molar-refractivity contribution is 0.235. The number of benzene rings is 1. The zero-order valence-electron chi connectivity index (χ0n) is 15.5. The van der Waals surface area contributed by atoms with Crippen LogP contribution in [0.15, 0.2) is 29.1 Å². The first-order valence-electron chi connectivity index (χ1n) is 9.36. The molecular formula is C20H27N3O2S. The maximum Gasteiger partial charge on any atom is 0.253 e. The van der Waals surface area contributed by atoms with Crippen LogP contribution in [0.25, 0.3) is 10.9 Å². The van der Waals surface area contributed by atoms with Gasteiger partial charge in [0.1, 0.15) is 5.75 Å². The van der Waals surface area contributed by atoms with Crippen LogP contribution in [-0.2, 0) is 6.54 Å². The zero-order chi connectivity index (χ0) is 18.5. The lowest BCUT2D eigenvalue weighted by Gasteiger charge is -2.36. The Hall–Kier alpha value is -2.08. The number of H-pyrrole nitrogens is 1. The Balaban J connectivity index is 1.90. The van der Waals surface area contributed by atoms with Crippen LogP contribution < -0.4 is 15.6 Å². The van der Waals surface area contributed by atoms with E-state index < -0.39 is 0 Å². The molecule has 0 atom stereocenters. The van der Waals surface area contributed by atoms with E-state index in [0.717, 1.165) is 46.7 Å². The van der Waals surface area contributed by atoms with Crippen molar-refractivity contribution in [3.63, 3.8) is 0 Å². The van der Waals surface area contributed by atoms with Gasteiger partial charge in [0.05, 0.1) is 19.2 Å². The predicted molar refractivity (Wildman–Crippen MR) is 110 cm³/mol. The molecule has 0 amide bonds. The SMILES string of the molecule is CCNC(=S)N(Cc1cc2ccc(OC)cc2[nH]c1=O)C1CCCCC1. The van der Waals surface area contributed by atoms with Gasteiger partial charge in [0.2, 0.25) is 0 Å². The van der Waals surface area contributed by atoms with Gasteiger partial charge in [-0.05, 0) is 55.6 Å². The minimum Gasteiger partial charge on any atom is -0.497 e. The Morgan fingerprint density at radius 3 is 2.77 bits per heavy atom. The molecule has 0 aliphatic heterocycles. The van der Waals surface area contributed by atoms with Gasteiger partial charge in [-0.15, -0.1) is 0 Å². The van der Waals surface area contributed by atoms with Crippen molar-refractivity contribution in [2.24, 2.45) is 0 Å². The number of pyridine rings is 1. The first-order valence-corrected chi connectivity index (χ1v) is 9.77. The number of hydrogen-bond donors (Lipinski definition) is 2. The Morgan fingerprint density at radius 1 is 1.31 bits per heavy atom. The number of aromatic amines is 1. The highest BCUT2D eigenvalue weighted by atomic mass is 32.1. The highest BCUT2D eigenvalue weighted by molar-refractivity contribution is 7.80.